The molecule has 0 heterocycles. The van der Waals surface area contributed by atoms with Gasteiger partial charge in [-0.15, -0.1) is 0 Å². The van der Waals surface area contributed by atoms with Gasteiger partial charge in [0.05, 0.1) is 0 Å². The van der Waals surface area contributed by atoms with Crippen molar-refractivity contribution in [2.75, 3.05) is 0 Å². The lowest BCUT2D eigenvalue weighted by Crippen LogP contribution is -2.00. The monoisotopic (exact) mass is 420 g/mol. The van der Waals surface area contributed by atoms with Crippen LogP contribution in [0.5, 0.6) is 0 Å². The van der Waals surface area contributed by atoms with Gasteiger partial charge in [-0.1, -0.05) is 78.2 Å². The van der Waals surface area contributed by atoms with Crippen molar-refractivity contribution in [2.24, 2.45) is 17.8 Å². The molecule has 2 atom stereocenters. The summed E-state index contributed by atoms with van der Waals surface area (Å²) in [6, 6.07) is 0. The highest BCUT2D eigenvalue weighted by atomic mass is 127. The van der Waals surface area contributed by atoms with E-state index in [9.17, 15) is 4.79 Å². The Labute approximate surface area is 152 Å². The maximum absolute atomic E-state index is 11.0. The maximum Gasteiger partial charge on any atom is 0.215 e. The zero-order chi connectivity index (χ0) is 17.0. The second kappa shape index (κ2) is 13.6. The van der Waals surface area contributed by atoms with Crippen LogP contribution >= 0.6 is 22.6 Å². The molecular weight excluding hydrogens is 383 g/mol. The molecule has 2 heteroatoms. The van der Waals surface area contributed by atoms with Crippen LogP contribution in [0.3, 0.4) is 0 Å². The average Bonchev–Trinajstić information content (AvgIpc) is 2.37. The van der Waals surface area contributed by atoms with Crippen LogP contribution < -0.4 is 0 Å². The average molecular weight is 420 g/mol. The second-order valence-electron chi connectivity index (χ2n) is 7.65. The van der Waals surface area contributed by atoms with E-state index in [-0.39, 0.29) is 3.79 Å². The van der Waals surface area contributed by atoms with E-state index in [2.05, 4.69) is 34.6 Å². The Bertz CT molecular complexity index is 320. The molecule has 0 fully saturated rings. The van der Waals surface area contributed by atoms with Gasteiger partial charge in [-0.3, -0.25) is 4.79 Å². The Morgan fingerprint density at radius 1 is 0.864 bits per heavy atom. The fraction of sp³-hybridized carbons (Fsp3) is 0.850. The van der Waals surface area contributed by atoms with Crippen molar-refractivity contribution in [3.8, 4) is 0 Å². The van der Waals surface area contributed by atoms with Crippen LogP contribution in [-0.4, -0.2) is 3.79 Å². The smallest absolute Gasteiger partial charge is 0.215 e. The Balaban J connectivity index is 3.60. The van der Waals surface area contributed by atoms with Crippen molar-refractivity contribution in [3.63, 3.8) is 0 Å². The summed E-state index contributed by atoms with van der Waals surface area (Å²) in [6.07, 6.45) is 13.7. The van der Waals surface area contributed by atoms with E-state index in [0.29, 0.717) is 0 Å². The lowest BCUT2D eigenvalue weighted by molar-refractivity contribution is -0.105. The Morgan fingerprint density at radius 3 is 1.77 bits per heavy atom. The van der Waals surface area contributed by atoms with E-state index in [0.717, 1.165) is 24.2 Å². The summed E-state index contributed by atoms with van der Waals surface area (Å²) in [5, 5.41) is 0. The molecule has 0 radical (unpaired) electrons. The Kier molecular flexibility index (Phi) is 13.7. The van der Waals surface area contributed by atoms with Gasteiger partial charge in [0, 0.05) is 22.6 Å². The summed E-state index contributed by atoms with van der Waals surface area (Å²) in [4.78, 5) is 11.0. The van der Waals surface area contributed by atoms with Gasteiger partial charge in [0.15, 0.2) is 0 Å². The van der Waals surface area contributed by atoms with Crippen molar-refractivity contribution in [1.29, 1.82) is 0 Å². The highest BCUT2D eigenvalue weighted by Gasteiger charge is 2.06. The molecule has 0 rings (SSSR count). The molecule has 0 spiro atoms. The predicted molar refractivity (Wildman–Crippen MR) is 108 cm³/mol. The summed E-state index contributed by atoms with van der Waals surface area (Å²) in [5.74, 6) is 2.57. The minimum atomic E-state index is 0.148. The van der Waals surface area contributed by atoms with Gasteiger partial charge in [-0.05, 0) is 43.6 Å². The normalized spacial score (nSPS) is 15.1. The summed E-state index contributed by atoms with van der Waals surface area (Å²) in [6.45, 7) is 11.5. The zero-order valence-electron chi connectivity index (χ0n) is 15.5. The van der Waals surface area contributed by atoms with Crippen molar-refractivity contribution >= 4 is 26.4 Å². The first-order valence-electron chi connectivity index (χ1n) is 9.17. The molecule has 0 saturated carbocycles. The molecule has 0 aromatic carbocycles. The van der Waals surface area contributed by atoms with Crippen LogP contribution in [-0.2, 0) is 4.79 Å². The van der Waals surface area contributed by atoms with Gasteiger partial charge in [-0.2, -0.15) is 0 Å². The molecule has 0 unspecified atom stereocenters. The van der Waals surface area contributed by atoms with Crippen LogP contribution in [0.1, 0.15) is 92.4 Å². The Morgan fingerprint density at radius 2 is 1.32 bits per heavy atom. The molecule has 0 amide bonds. The van der Waals surface area contributed by atoms with E-state index < -0.39 is 0 Å². The standard InChI is InChI=1S/C20H37IO/c1-16(2)9-6-10-17(3)11-7-12-18(4)13-8-14-19(5)15-20(21)22/h15-18H,6-14H2,1-5H3/b19-15+/t17-,18-/m1/s1. The largest absolute Gasteiger partial charge is 0.283 e. The van der Waals surface area contributed by atoms with E-state index in [4.69, 9.17) is 0 Å². The van der Waals surface area contributed by atoms with E-state index in [1.54, 1.807) is 6.08 Å². The third-order valence-corrected chi connectivity index (χ3v) is 4.81. The number of halogens is 1. The van der Waals surface area contributed by atoms with Gasteiger partial charge < -0.3 is 0 Å². The van der Waals surface area contributed by atoms with Crippen LogP contribution in [0, 0.1) is 17.8 Å². The summed E-state index contributed by atoms with van der Waals surface area (Å²) >= 11 is 1.84. The second-order valence-corrected chi connectivity index (χ2v) is 8.72. The highest BCUT2D eigenvalue weighted by molar-refractivity contribution is 14.1. The molecule has 0 aliphatic carbocycles. The first-order chi connectivity index (χ1) is 10.3. The molecule has 0 aromatic heterocycles. The first kappa shape index (κ1) is 22.1. The first-order valence-corrected chi connectivity index (χ1v) is 10.3. The number of rotatable bonds is 13. The van der Waals surface area contributed by atoms with Crippen molar-refractivity contribution < 1.29 is 4.79 Å². The van der Waals surface area contributed by atoms with Crippen molar-refractivity contribution in [1.82, 2.24) is 0 Å². The summed E-state index contributed by atoms with van der Waals surface area (Å²) < 4.78 is 0.148. The number of hydrogen-bond acceptors (Lipinski definition) is 1. The summed E-state index contributed by atoms with van der Waals surface area (Å²) in [5.41, 5.74) is 1.23. The van der Waals surface area contributed by atoms with Crippen molar-refractivity contribution in [2.45, 2.75) is 92.4 Å². The molecular formula is C20H37IO. The molecule has 0 bridgehead atoms. The van der Waals surface area contributed by atoms with Gasteiger partial charge in [0.1, 0.15) is 0 Å². The van der Waals surface area contributed by atoms with E-state index >= 15 is 0 Å². The van der Waals surface area contributed by atoms with Gasteiger partial charge in [0.25, 0.3) is 0 Å². The van der Waals surface area contributed by atoms with E-state index in [1.165, 1.54) is 56.9 Å². The minimum Gasteiger partial charge on any atom is -0.283 e. The summed E-state index contributed by atoms with van der Waals surface area (Å²) in [7, 11) is 0. The fourth-order valence-corrected chi connectivity index (χ4v) is 3.50. The van der Waals surface area contributed by atoms with Crippen LogP contribution in [0.25, 0.3) is 0 Å². The lowest BCUT2D eigenvalue weighted by Gasteiger charge is -2.15. The zero-order valence-corrected chi connectivity index (χ0v) is 17.6. The number of carbonyl (C=O) groups excluding carboxylic acids is 1. The Hall–Kier alpha value is 0.140. The predicted octanol–water partition coefficient (Wildman–Crippen LogP) is 7.33. The van der Waals surface area contributed by atoms with Crippen molar-refractivity contribution in [3.05, 3.63) is 11.6 Å². The van der Waals surface area contributed by atoms with Gasteiger partial charge in [0.2, 0.25) is 3.79 Å². The molecule has 1 nitrogen and oxygen atoms in total. The van der Waals surface area contributed by atoms with Crippen LogP contribution in [0.15, 0.2) is 11.6 Å². The third-order valence-electron chi connectivity index (χ3n) is 4.50. The maximum atomic E-state index is 11.0. The van der Waals surface area contributed by atoms with Gasteiger partial charge in [-0.25, -0.2) is 0 Å². The van der Waals surface area contributed by atoms with Gasteiger partial charge >= 0.3 is 0 Å². The number of allylic oxidation sites excluding steroid dienone is 2. The quantitative estimate of drug-likeness (QED) is 0.173. The minimum absolute atomic E-state index is 0.148. The molecule has 130 valence electrons. The fourth-order valence-electron chi connectivity index (χ4n) is 2.97. The number of carbonyl (C=O) groups is 1. The molecule has 0 aliphatic heterocycles. The van der Waals surface area contributed by atoms with Crippen LogP contribution in [0.4, 0.5) is 0 Å². The molecule has 0 aromatic rings. The lowest BCUT2D eigenvalue weighted by atomic mass is 9.91. The molecule has 22 heavy (non-hydrogen) atoms. The molecule has 0 N–H and O–H groups in total. The highest BCUT2D eigenvalue weighted by Crippen LogP contribution is 2.22. The molecule has 0 aliphatic rings. The SMILES string of the molecule is C/C(=C\C(=O)I)CCC[C@H](C)CCC[C@H](C)CCCC(C)C. The third kappa shape index (κ3) is 15.1. The topological polar surface area (TPSA) is 17.1 Å². The molecule has 0 saturated heterocycles. The van der Waals surface area contributed by atoms with E-state index in [1.807, 2.05) is 22.6 Å². The van der Waals surface area contributed by atoms with Crippen LogP contribution in [0.2, 0.25) is 0 Å². The number of hydrogen-bond donors (Lipinski definition) is 0.